The average Bonchev–Trinajstić information content (AvgIpc) is 2.67. The van der Waals surface area contributed by atoms with Crippen molar-refractivity contribution < 1.29 is 18.7 Å². The van der Waals surface area contributed by atoms with E-state index in [-0.39, 0.29) is 12.1 Å². The third-order valence-electron chi connectivity index (χ3n) is 3.82. The van der Waals surface area contributed by atoms with Gasteiger partial charge in [0.1, 0.15) is 17.5 Å². The normalized spacial score (nSPS) is 12.2. The van der Waals surface area contributed by atoms with Crippen LogP contribution in [0.1, 0.15) is 33.3 Å². The van der Waals surface area contributed by atoms with Crippen LogP contribution < -0.4 is 15.4 Å². The number of carbonyl (C=O) groups is 2. The van der Waals surface area contributed by atoms with Crippen LogP contribution >= 0.6 is 11.9 Å². The van der Waals surface area contributed by atoms with E-state index in [2.05, 4.69) is 15.4 Å². The van der Waals surface area contributed by atoms with Gasteiger partial charge >= 0.3 is 6.09 Å². The van der Waals surface area contributed by atoms with E-state index in [1.165, 1.54) is 24.1 Å². The summed E-state index contributed by atoms with van der Waals surface area (Å²) in [6.07, 6.45) is -0.474. The average molecular weight is 434 g/mol. The standard InChI is InChI=1S/C22H28FN3O3S/c1-5-24-30-16-11-12-18(17(23)14-16)25-20(27)19(13-15-9-7-6-8-10-15)26-21(28)29-22(2,3)4/h6-12,14,19,24H,5,13H2,1-4H3,(H,25,27)(H,26,28). The van der Waals surface area contributed by atoms with Crippen molar-refractivity contribution in [2.75, 3.05) is 11.9 Å². The fourth-order valence-corrected chi connectivity index (χ4v) is 3.15. The Balaban J connectivity index is 2.14. The molecule has 0 spiro atoms. The summed E-state index contributed by atoms with van der Waals surface area (Å²) in [5, 5.41) is 5.16. The largest absolute Gasteiger partial charge is 0.444 e. The highest BCUT2D eigenvalue weighted by Crippen LogP contribution is 2.22. The quantitative estimate of drug-likeness (QED) is 0.534. The molecule has 162 valence electrons. The molecule has 0 aliphatic carbocycles. The lowest BCUT2D eigenvalue weighted by atomic mass is 10.1. The topological polar surface area (TPSA) is 79.5 Å². The number of ether oxygens (including phenoxy) is 1. The molecule has 1 unspecified atom stereocenters. The van der Waals surface area contributed by atoms with Gasteiger partial charge in [0.15, 0.2) is 0 Å². The number of amides is 2. The van der Waals surface area contributed by atoms with Crippen LogP contribution in [0.5, 0.6) is 0 Å². The van der Waals surface area contributed by atoms with Gasteiger partial charge in [0.2, 0.25) is 5.91 Å². The molecule has 0 saturated carbocycles. The van der Waals surface area contributed by atoms with Crippen molar-refractivity contribution in [1.29, 1.82) is 0 Å². The number of hydrogen-bond acceptors (Lipinski definition) is 5. The summed E-state index contributed by atoms with van der Waals surface area (Å²) in [4.78, 5) is 25.8. The second kappa shape index (κ2) is 11.0. The van der Waals surface area contributed by atoms with Crippen molar-refractivity contribution in [3.05, 3.63) is 59.9 Å². The van der Waals surface area contributed by atoms with Gasteiger partial charge in [-0.3, -0.25) is 9.52 Å². The lowest BCUT2D eigenvalue weighted by Gasteiger charge is -2.23. The maximum absolute atomic E-state index is 14.4. The van der Waals surface area contributed by atoms with Crippen LogP contribution in [0, 0.1) is 5.82 Å². The zero-order chi connectivity index (χ0) is 22.1. The molecular formula is C22H28FN3O3S. The Hall–Kier alpha value is -2.58. The van der Waals surface area contributed by atoms with Crippen molar-refractivity contribution in [3.63, 3.8) is 0 Å². The molecule has 0 saturated heterocycles. The van der Waals surface area contributed by atoms with Crippen LogP contribution in [-0.4, -0.2) is 30.2 Å². The van der Waals surface area contributed by atoms with E-state index < -0.39 is 29.5 Å². The van der Waals surface area contributed by atoms with Gasteiger partial charge in [-0.15, -0.1) is 0 Å². The van der Waals surface area contributed by atoms with E-state index in [0.717, 1.165) is 12.1 Å². The minimum atomic E-state index is -0.933. The highest BCUT2D eigenvalue weighted by molar-refractivity contribution is 7.97. The second-order valence-corrected chi connectivity index (χ2v) is 8.58. The molecule has 1 atom stereocenters. The van der Waals surface area contributed by atoms with Crippen LogP contribution in [0.4, 0.5) is 14.9 Å². The van der Waals surface area contributed by atoms with E-state index in [1.807, 2.05) is 37.3 Å². The first kappa shape index (κ1) is 23.7. The number of halogens is 1. The third-order valence-corrected chi connectivity index (χ3v) is 4.75. The molecule has 3 N–H and O–H groups in total. The van der Waals surface area contributed by atoms with Crippen molar-refractivity contribution in [2.45, 2.75) is 50.7 Å². The molecule has 2 amide bonds. The Morgan fingerprint density at radius 2 is 1.83 bits per heavy atom. The molecule has 2 rings (SSSR count). The predicted octanol–water partition coefficient (Wildman–Crippen LogP) is 4.52. The van der Waals surface area contributed by atoms with Crippen LogP contribution in [-0.2, 0) is 16.0 Å². The van der Waals surface area contributed by atoms with Crippen molar-refractivity contribution in [2.24, 2.45) is 0 Å². The molecule has 2 aromatic carbocycles. The summed E-state index contributed by atoms with van der Waals surface area (Å²) < 4.78 is 22.8. The molecule has 6 nitrogen and oxygen atoms in total. The van der Waals surface area contributed by atoms with Crippen molar-refractivity contribution >= 4 is 29.6 Å². The number of nitrogens with one attached hydrogen (secondary N) is 3. The maximum Gasteiger partial charge on any atom is 0.408 e. The Morgan fingerprint density at radius 1 is 1.13 bits per heavy atom. The molecule has 0 bridgehead atoms. The maximum atomic E-state index is 14.4. The number of alkyl carbamates (subject to hydrolysis) is 1. The zero-order valence-corrected chi connectivity index (χ0v) is 18.4. The van der Waals surface area contributed by atoms with Gasteiger partial charge in [0.25, 0.3) is 0 Å². The summed E-state index contributed by atoms with van der Waals surface area (Å²) in [6, 6.07) is 12.9. The van der Waals surface area contributed by atoms with Gasteiger partial charge in [-0.05, 0) is 56.5 Å². The van der Waals surface area contributed by atoms with Crippen LogP contribution in [0.25, 0.3) is 0 Å². The molecule has 0 aliphatic heterocycles. The Morgan fingerprint density at radius 3 is 2.43 bits per heavy atom. The van der Waals surface area contributed by atoms with Gasteiger partial charge < -0.3 is 15.4 Å². The number of carbonyl (C=O) groups excluding carboxylic acids is 2. The smallest absolute Gasteiger partial charge is 0.408 e. The minimum Gasteiger partial charge on any atom is -0.444 e. The van der Waals surface area contributed by atoms with Gasteiger partial charge in [-0.25, -0.2) is 9.18 Å². The van der Waals surface area contributed by atoms with E-state index in [9.17, 15) is 14.0 Å². The predicted molar refractivity (Wildman–Crippen MR) is 118 cm³/mol. The highest BCUT2D eigenvalue weighted by Gasteiger charge is 2.25. The summed E-state index contributed by atoms with van der Waals surface area (Å²) in [5.74, 6) is -1.09. The fraction of sp³-hybridized carbons (Fsp3) is 0.364. The SMILES string of the molecule is CCNSc1ccc(NC(=O)C(Cc2ccccc2)NC(=O)OC(C)(C)C)c(F)c1. The van der Waals surface area contributed by atoms with Crippen LogP contribution in [0.3, 0.4) is 0 Å². The molecule has 0 radical (unpaired) electrons. The van der Waals surface area contributed by atoms with Gasteiger partial charge in [-0.1, -0.05) is 37.3 Å². The number of hydrogen-bond donors (Lipinski definition) is 3. The first-order valence-corrected chi connectivity index (χ1v) is 10.5. The summed E-state index contributed by atoms with van der Waals surface area (Å²) in [6.45, 7) is 7.90. The number of benzene rings is 2. The van der Waals surface area contributed by atoms with E-state index in [1.54, 1.807) is 26.8 Å². The third kappa shape index (κ3) is 8.04. The molecular weight excluding hydrogens is 405 g/mol. The first-order valence-electron chi connectivity index (χ1n) is 9.71. The summed E-state index contributed by atoms with van der Waals surface area (Å²) in [7, 11) is 0. The second-order valence-electron chi connectivity index (χ2n) is 7.62. The van der Waals surface area contributed by atoms with Gasteiger partial charge in [-0.2, -0.15) is 0 Å². The summed E-state index contributed by atoms with van der Waals surface area (Å²) >= 11 is 1.31. The van der Waals surface area contributed by atoms with E-state index in [0.29, 0.717) is 4.90 Å². The zero-order valence-electron chi connectivity index (χ0n) is 17.6. The minimum absolute atomic E-state index is 0.0462. The molecule has 0 heterocycles. The van der Waals surface area contributed by atoms with E-state index in [4.69, 9.17) is 4.74 Å². The van der Waals surface area contributed by atoms with Crippen LogP contribution in [0.15, 0.2) is 53.4 Å². The fourth-order valence-electron chi connectivity index (χ4n) is 2.54. The van der Waals surface area contributed by atoms with Gasteiger partial charge in [0, 0.05) is 17.9 Å². The van der Waals surface area contributed by atoms with Crippen molar-refractivity contribution in [1.82, 2.24) is 10.0 Å². The Kier molecular flexibility index (Phi) is 8.68. The van der Waals surface area contributed by atoms with Crippen molar-refractivity contribution in [3.8, 4) is 0 Å². The number of rotatable bonds is 8. The van der Waals surface area contributed by atoms with Crippen LogP contribution in [0.2, 0.25) is 0 Å². The Bertz CT molecular complexity index is 856. The van der Waals surface area contributed by atoms with E-state index >= 15 is 0 Å². The molecule has 30 heavy (non-hydrogen) atoms. The highest BCUT2D eigenvalue weighted by atomic mass is 32.2. The number of anilines is 1. The molecule has 0 fully saturated rings. The molecule has 8 heteroatoms. The molecule has 0 aromatic heterocycles. The Labute approximate surface area is 181 Å². The summed E-state index contributed by atoms with van der Waals surface area (Å²) in [5.41, 5.74) is 0.195. The lowest BCUT2D eigenvalue weighted by molar-refractivity contribution is -0.118. The molecule has 2 aromatic rings. The van der Waals surface area contributed by atoms with Gasteiger partial charge in [0.05, 0.1) is 5.69 Å². The molecule has 0 aliphatic rings. The monoisotopic (exact) mass is 433 g/mol. The lowest BCUT2D eigenvalue weighted by Crippen LogP contribution is -2.47. The first-order chi connectivity index (χ1) is 14.2.